The van der Waals surface area contributed by atoms with E-state index >= 15 is 0 Å². The zero-order valence-corrected chi connectivity index (χ0v) is 12.1. The van der Waals surface area contributed by atoms with Crippen LogP contribution in [0.25, 0.3) is 0 Å². The quantitative estimate of drug-likeness (QED) is 0.715. The SMILES string of the molecule is O=C(O)CN(CC(=O)NCCc1ccccc1)CC1CC1. The minimum atomic E-state index is -0.882. The number of carbonyl (C=O) groups is 2. The van der Waals surface area contributed by atoms with E-state index in [4.69, 9.17) is 5.11 Å². The highest BCUT2D eigenvalue weighted by Crippen LogP contribution is 2.29. The Hall–Kier alpha value is -1.88. The van der Waals surface area contributed by atoms with Crippen LogP contribution in [-0.2, 0) is 16.0 Å². The summed E-state index contributed by atoms with van der Waals surface area (Å²) in [5, 5.41) is 11.7. The highest BCUT2D eigenvalue weighted by Gasteiger charge is 2.26. The molecule has 0 spiro atoms. The van der Waals surface area contributed by atoms with Crippen LogP contribution in [0.1, 0.15) is 18.4 Å². The molecule has 21 heavy (non-hydrogen) atoms. The number of nitrogens with zero attached hydrogens (tertiary/aromatic N) is 1. The van der Waals surface area contributed by atoms with Gasteiger partial charge in [-0.25, -0.2) is 0 Å². The van der Waals surface area contributed by atoms with Gasteiger partial charge in [0.2, 0.25) is 5.91 Å². The van der Waals surface area contributed by atoms with Crippen LogP contribution in [0.3, 0.4) is 0 Å². The number of benzene rings is 1. The van der Waals surface area contributed by atoms with Crippen molar-refractivity contribution in [3.05, 3.63) is 35.9 Å². The monoisotopic (exact) mass is 290 g/mol. The Bertz CT molecular complexity index is 472. The fourth-order valence-corrected chi connectivity index (χ4v) is 2.29. The molecule has 0 aromatic heterocycles. The van der Waals surface area contributed by atoms with Crippen LogP contribution >= 0.6 is 0 Å². The zero-order valence-electron chi connectivity index (χ0n) is 12.1. The molecule has 0 aliphatic heterocycles. The first kappa shape index (κ1) is 15.5. The van der Waals surface area contributed by atoms with E-state index in [-0.39, 0.29) is 19.0 Å². The van der Waals surface area contributed by atoms with Gasteiger partial charge in [-0.05, 0) is 30.7 Å². The lowest BCUT2D eigenvalue weighted by Crippen LogP contribution is -2.41. The van der Waals surface area contributed by atoms with Crippen LogP contribution in [0.15, 0.2) is 30.3 Å². The number of rotatable bonds is 9. The van der Waals surface area contributed by atoms with Gasteiger partial charge in [-0.2, -0.15) is 0 Å². The van der Waals surface area contributed by atoms with Gasteiger partial charge in [0, 0.05) is 13.1 Å². The second-order valence-corrected chi connectivity index (χ2v) is 5.59. The third-order valence-electron chi connectivity index (χ3n) is 3.52. The van der Waals surface area contributed by atoms with E-state index in [1.807, 2.05) is 30.3 Å². The van der Waals surface area contributed by atoms with Crippen molar-refractivity contribution in [2.24, 2.45) is 5.92 Å². The van der Waals surface area contributed by atoms with Gasteiger partial charge in [0.1, 0.15) is 0 Å². The maximum absolute atomic E-state index is 11.9. The van der Waals surface area contributed by atoms with E-state index in [0.29, 0.717) is 19.0 Å². The Morgan fingerprint density at radius 2 is 1.90 bits per heavy atom. The number of aliphatic carboxylic acids is 1. The van der Waals surface area contributed by atoms with Crippen molar-refractivity contribution >= 4 is 11.9 Å². The number of hydrogen-bond donors (Lipinski definition) is 2. The van der Waals surface area contributed by atoms with Crippen LogP contribution < -0.4 is 5.32 Å². The summed E-state index contributed by atoms with van der Waals surface area (Å²) in [6.45, 7) is 1.38. The predicted octanol–water partition coefficient (Wildman–Crippen LogP) is 1.14. The first-order valence-corrected chi connectivity index (χ1v) is 7.38. The predicted molar refractivity (Wildman–Crippen MR) is 80.0 cm³/mol. The normalized spacial score (nSPS) is 14.1. The summed E-state index contributed by atoms with van der Waals surface area (Å²) in [6.07, 6.45) is 3.08. The van der Waals surface area contributed by atoms with Gasteiger partial charge >= 0.3 is 5.97 Å². The molecule has 2 N–H and O–H groups in total. The van der Waals surface area contributed by atoms with Crippen molar-refractivity contribution in [1.29, 1.82) is 0 Å². The molecule has 1 aliphatic carbocycles. The van der Waals surface area contributed by atoms with Crippen LogP contribution in [0.4, 0.5) is 0 Å². The lowest BCUT2D eigenvalue weighted by atomic mass is 10.1. The van der Waals surface area contributed by atoms with Gasteiger partial charge < -0.3 is 10.4 Å². The Morgan fingerprint density at radius 3 is 2.52 bits per heavy atom. The van der Waals surface area contributed by atoms with Crippen LogP contribution in [0.5, 0.6) is 0 Å². The van der Waals surface area contributed by atoms with E-state index in [9.17, 15) is 9.59 Å². The fourth-order valence-electron chi connectivity index (χ4n) is 2.29. The van der Waals surface area contributed by atoms with Gasteiger partial charge in [-0.15, -0.1) is 0 Å². The lowest BCUT2D eigenvalue weighted by Gasteiger charge is -2.19. The Kier molecular flexibility index (Phi) is 5.75. The highest BCUT2D eigenvalue weighted by molar-refractivity contribution is 5.79. The second kappa shape index (κ2) is 7.78. The van der Waals surface area contributed by atoms with Crippen molar-refractivity contribution in [2.75, 3.05) is 26.2 Å². The van der Waals surface area contributed by atoms with Crippen LogP contribution in [-0.4, -0.2) is 48.1 Å². The van der Waals surface area contributed by atoms with E-state index in [1.165, 1.54) is 5.56 Å². The van der Waals surface area contributed by atoms with Crippen LogP contribution in [0, 0.1) is 5.92 Å². The third-order valence-corrected chi connectivity index (χ3v) is 3.52. The molecule has 0 bridgehead atoms. The molecule has 5 heteroatoms. The molecule has 1 saturated carbocycles. The van der Waals surface area contributed by atoms with Gasteiger partial charge in [-0.1, -0.05) is 30.3 Å². The molecule has 0 heterocycles. The molecule has 1 aromatic carbocycles. The molecule has 1 aromatic rings. The van der Waals surface area contributed by atoms with E-state index in [2.05, 4.69) is 5.32 Å². The summed E-state index contributed by atoms with van der Waals surface area (Å²) in [4.78, 5) is 24.4. The van der Waals surface area contributed by atoms with Gasteiger partial charge in [0.25, 0.3) is 0 Å². The summed E-state index contributed by atoms with van der Waals surface area (Å²) in [5.74, 6) is -0.415. The number of carboxylic acids is 1. The van der Waals surface area contributed by atoms with E-state index in [1.54, 1.807) is 4.90 Å². The first-order chi connectivity index (χ1) is 10.1. The molecule has 0 unspecified atom stereocenters. The molecular weight excluding hydrogens is 268 g/mol. The Balaban J connectivity index is 1.69. The maximum Gasteiger partial charge on any atom is 0.317 e. The van der Waals surface area contributed by atoms with Crippen molar-refractivity contribution in [2.45, 2.75) is 19.3 Å². The largest absolute Gasteiger partial charge is 0.480 e. The molecule has 114 valence electrons. The summed E-state index contributed by atoms with van der Waals surface area (Å²) < 4.78 is 0. The molecular formula is C16H22N2O3. The average Bonchev–Trinajstić information content (AvgIpc) is 3.23. The van der Waals surface area contributed by atoms with Gasteiger partial charge in [0.15, 0.2) is 0 Å². The smallest absolute Gasteiger partial charge is 0.317 e. The molecule has 5 nitrogen and oxygen atoms in total. The summed E-state index contributed by atoms with van der Waals surface area (Å²) in [5.41, 5.74) is 1.18. The molecule has 0 radical (unpaired) electrons. The van der Waals surface area contributed by atoms with E-state index in [0.717, 1.165) is 19.3 Å². The van der Waals surface area contributed by atoms with Crippen molar-refractivity contribution in [1.82, 2.24) is 10.2 Å². The minimum absolute atomic E-state index is 0.0669. The van der Waals surface area contributed by atoms with Crippen molar-refractivity contribution in [3.8, 4) is 0 Å². The fraction of sp³-hybridized carbons (Fsp3) is 0.500. The van der Waals surface area contributed by atoms with Gasteiger partial charge in [-0.3, -0.25) is 14.5 Å². The maximum atomic E-state index is 11.9. The average molecular weight is 290 g/mol. The Labute approximate surface area is 125 Å². The number of carboxylic acid groups (broad SMARTS) is 1. The standard InChI is InChI=1S/C16H22N2O3/c19-15(17-9-8-13-4-2-1-3-5-13)11-18(12-16(20)21)10-14-6-7-14/h1-5,14H,6-12H2,(H,17,19)(H,20,21). The molecule has 1 amide bonds. The first-order valence-electron chi connectivity index (χ1n) is 7.38. The van der Waals surface area contributed by atoms with E-state index < -0.39 is 5.97 Å². The molecule has 2 rings (SSSR count). The third kappa shape index (κ3) is 6.40. The summed E-state index contributed by atoms with van der Waals surface area (Å²) in [6, 6.07) is 9.96. The second-order valence-electron chi connectivity index (χ2n) is 5.59. The molecule has 0 atom stereocenters. The van der Waals surface area contributed by atoms with Crippen molar-refractivity contribution < 1.29 is 14.7 Å². The lowest BCUT2D eigenvalue weighted by molar-refractivity contribution is -0.138. The van der Waals surface area contributed by atoms with Gasteiger partial charge in [0.05, 0.1) is 13.1 Å². The number of nitrogens with one attached hydrogen (secondary N) is 1. The number of hydrogen-bond acceptors (Lipinski definition) is 3. The number of carbonyl (C=O) groups excluding carboxylic acids is 1. The summed E-state index contributed by atoms with van der Waals surface area (Å²) in [7, 11) is 0. The van der Waals surface area contributed by atoms with Crippen LogP contribution in [0.2, 0.25) is 0 Å². The zero-order chi connectivity index (χ0) is 15.1. The molecule has 1 fully saturated rings. The molecule has 0 saturated heterocycles. The molecule has 1 aliphatic rings. The highest BCUT2D eigenvalue weighted by atomic mass is 16.4. The number of amides is 1. The minimum Gasteiger partial charge on any atom is -0.480 e. The topological polar surface area (TPSA) is 69.6 Å². The Morgan fingerprint density at radius 1 is 1.19 bits per heavy atom. The summed E-state index contributed by atoms with van der Waals surface area (Å²) >= 11 is 0. The van der Waals surface area contributed by atoms with Crippen molar-refractivity contribution in [3.63, 3.8) is 0 Å².